The van der Waals surface area contributed by atoms with E-state index in [2.05, 4.69) is 10.9 Å². The molecule has 1 aromatic carbocycles. The molecule has 4 amide bonds. The van der Waals surface area contributed by atoms with Gasteiger partial charge in [-0.1, -0.05) is 25.0 Å². The second-order valence-corrected chi connectivity index (χ2v) is 6.98. The lowest BCUT2D eigenvalue weighted by molar-refractivity contribution is -0.140. The summed E-state index contributed by atoms with van der Waals surface area (Å²) in [4.78, 5) is 49.6. The third-order valence-electron chi connectivity index (χ3n) is 5.11. The Bertz CT molecular complexity index is 726. The smallest absolute Gasteiger partial charge is 0.242 e. The van der Waals surface area contributed by atoms with E-state index >= 15 is 0 Å². The van der Waals surface area contributed by atoms with Gasteiger partial charge in [0.2, 0.25) is 23.6 Å². The van der Waals surface area contributed by atoms with Crippen LogP contribution in [0.15, 0.2) is 24.3 Å². The molecule has 0 unspecified atom stereocenters. The molecule has 3 rings (SSSR count). The summed E-state index contributed by atoms with van der Waals surface area (Å²) >= 11 is 0. The SMILES string of the molecule is O=C(CCN1C(=O)[C@H]2CCCC[C@@H]2C1=O)NNC(=O)Cc1ccc(F)cc1. The molecule has 0 bridgehead atoms. The third kappa shape index (κ3) is 4.50. The fraction of sp³-hybridized carbons (Fsp3) is 0.474. The predicted octanol–water partition coefficient (Wildman–Crippen LogP) is 1.08. The highest BCUT2D eigenvalue weighted by molar-refractivity contribution is 6.05. The van der Waals surface area contributed by atoms with E-state index in [1.165, 1.54) is 29.2 Å². The Labute approximate surface area is 156 Å². The number of likely N-dealkylation sites (tertiary alicyclic amines) is 1. The van der Waals surface area contributed by atoms with Crippen LogP contribution < -0.4 is 10.9 Å². The minimum atomic E-state index is -0.488. The summed E-state index contributed by atoms with van der Waals surface area (Å²) in [6.07, 6.45) is 3.29. The maximum atomic E-state index is 12.8. The summed E-state index contributed by atoms with van der Waals surface area (Å²) < 4.78 is 12.8. The average Bonchev–Trinajstić information content (AvgIpc) is 2.91. The summed E-state index contributed by atoms with van der Waals surface area (Å²) in [6.45, 7) is 0.0182. The van der Waals surface area contributed by atoms with Crippen LogP contribution in [-0.4, -0.2) is 35.1 Å². The molecule has 2 fully saturated rings. The van der Waals surface area contributed by atoms with Crippen molar-refractivity contribution in [2.24, 2.45) is 11.8 Å². The Balaban J connectivity index is 1.42. The highest BCUT2D eigenvalue weighted by Gasteiger charge is 2.47. The molecule has 2 aliphatic rings. The zero-order valence-corrected chi connectivity index (χ0v) is 14.9. The van der Waals surface area contributed by atoms with E-state index in [1.807, 2.05) is 0 Å². The van der Waals surface area contributed by atoms with E-state index in [4.69, 9.17) is 0 Å². The summed E-state index contributed by atoms with van der Waals surface area (Å²) in [5.74, 6) is -2.16. The van der Waals surface area contributed by atoms with Crippen LogP contribution in [0.3, 0.4) is 0 Å². The zero-order chi connectivity index (χ0) is 19.4. The lowest BCUT2D eigenvalue weighted by atomic mass is 9.81. The van der Waals surface area contributed by atoms with Crippen molar-refractivity contribution in [2.75, 3.05) is 6.54 Å². The minimum Gasteiger partial charge on any atom is -0.282 e. The number of imide groups is 1. The van der Waals surface area contributed by atoms with E-state index in [-0.39, 0.29) is 43.0 Å². The number of halogens is 1. The normalized spacial score (nSPS) is 21.7. The second-order valence-electron chi connectivity index (χ2n) is 6.98. The first-order chi connectivity index (χ1) is 13.0. The molecule has 0 radical (unpaired) electrons. The van der Waals surface area contributed by atoms with Gasteiger partial charge in [0.1, 0.15) is 5.82 Å². The van der Waals surface area contributed by atoms with Crippen LogP contribution in [-0.2, 0) is 25.6 Å². The quantitative estimate of drug-likeness (QED) is 0.595. The van der Waals surface area contributed by atoms with Gasteiger partial charge >= 0.3 is 0 Å². The van der Waals surface area contributed by atoms with Crippen LogP contribution in [0.1, 0.15) is 37.7 Å². The highest BCUT2D eigenvalue weighted by atomic mass is 19.1. The molecule has 1 saturated carbocycles. The molecule has 8 heteroatoms. The molecule has 144 valence electrons. The van der Waals surface area contributed by atoms with Crippen molar-refractivity contribution in [3.05, 3.63) is 35.6 Å². The van der Waals surface area contributed by atoms with Crippen molar-refractivity contribution in [1.29, 1.82) is 0 Å². The van der Waals surface area contributed by atoms with E-state index in [0.717, 1.165) is 25.7 Å². The molecule has 2 N–H and O–H groups in total. The van der Waals surface area contributed by atoms with Crippen LogP contribution in [0.25, 0.3) is 0 Å². The van der Waals surface area contributed by atoms with Crippen LogP contribution in [0, 0.1) is 17.7 Å². The molecule has 1 heterocycles. The number of fused-ring (bicyclic) bond motifs is 1. The first kappa shape index (κ1) is 19.0. The van der Waals surface area contributed by atoms with Crippen molar-refractivity contribution in [3.8, 4) is 0 Å². The van der Waals surface area contributed by atoms with Crippen molar-refractivity contribution >= 4 is 23.6 Å². The predicted molar refractivity (Wildman–Crippen MR) is 93.2 cm³/mol. The second kappa shape index (κ2) is 8.28. The Hall–Kier alpha value is -2.77. The van der Waals surface area contributed by atoms with Crippen LogP contribution in [0.4, 0.5) is 4.39 Å². The molecule has 2 atom stereocenters. The van der Waals surface area contributed by atoms with Crippen molar-refractivity contribution < 1.29 is 23.6 Å². The number of nitrogens with one attached hydrogen (secondary N) is 2. The molecular weight excluding hydrogens is 353 g/mol. The number of nitrogens with zero attached hydrogens (tertiary/aromatic N) is 1. The fourth-order valence-electron chi connectivity index (χ4n) is 3.70. The van der Waals surface area contributed by atoms with Crippen LogP contribution in [0.2, 0.25) is 0 Å². The van der Waals surface area contributed by atoms with Gasteiger partial charge in [-0.05, 0) is 30.5 Å². The molecule has 1 saturated heterocycles. The molecule has 27 heavy (non-hydrogen) atoms. The van der Waals surface area contributed by atoms with Gasteiger partial charge in [0.25, 0.3) is 0 Å². The van der Waals surface area contributed by atoms with Crippen LogP contribution in [0.5, 0.6) is 0 Å². The van der Waals surface area contributed by atoms with Gasteiger partial charge in [-0.3, -0.25) is 34.9 Å². The summed E-state index contributed by atoms with van der Waals surface area (Å²) in [7, 11) is 0. The maximum absolute atomic E-state index is 12.8. The number of rotatable bonds is 5. The van der Waals surface area contributed by atoms with E-state index in [0.29, 0.717) is 5.56 Å². The summed E-state index contributed by atoms with van der Waals surface area (Å²) in [5.41, 5.74) is 5.15. The molecule has 1 aliphatic heterocycles. The molecule has 0 aromatic heterocycles. The van der Waals surface area contributed by atoms with Gasteiger partial charge in [-0.2, -0.15) is 0 Å². The van der Waals surface area contributed by atoms with Gasteiger partial charge < -0.3 is 0 Å². The lowest BCUT2D eigenvalue weighted by Crippen LogP contribution is -2.44. The highest BCUT2D eigenvalue weighted by Crippen LogP contribution is 2.37. The molecule has 1 aliphatic carbocycles. The zero-order valence-electron chi connectivity index (χ0n) is 14.9. The number of carbonyl (C=O) groups is 4. The number of amides is 4. The number of benzene rings is 1. The summed E-state index contributed by atoms with van der Waals surface area (Å²) in [6, 6.07) is 5.48. The first-order valence-corrected chi connectivity index (χ1v) is 9.13. The Kier molecular flexibility index (Phi) is 5.83. The molecular formula is C19H22FN3O4. The van der Waals surface area contributed by atoms with Crippen molar-refractivity contribution in [1.82, 2.24) is 15.8 Å². The maximum Gasteiger partial charge on any atom is 0.242 e. The van der Waals surface area contributed by atoms with E-state index < -0.39 is 17.6 Å². The molecule has 0 spiro atoms. The Morgan fingerprint density at radius 3 is 2.11 bits per heavy atom. The lowest BCUT2D eigenvalue weighted by Gasteiger charge is -2.19. The largest absolute Gasteiger partial charge is 0.282 e. The monoisotopic (exact) mass is 375 g/mol. The Morgan fingerprint density at radius 2 is 1.52 bits per heavy atom. The van der Waals surface area contributed by atoms with Crippen LogP contribution >= 0.6 is 0 Å². The van der Waals surface area contributed by atoms with Gasteiger partial charge in [0, 0.05) is 13.0 Å². The van der Waals surface area contributed by atoms with E-state index in [1.54, 1.807) is 0 Å². The number of hydrazine groups is 1. The number of hydrogen-bond donors (Lipinski definition) is 2. The van der Waals surface area contributed by atoms with Gasteiger partial charge in [-0.15, -0.1) is 0 Å². The van der Waals surface area contributed by atoms with E-state index in [9.17, 15) is 23.6 Å². The topological polar surface area (TPSA) is 95.6 Å². The average molecular weight is 375 g/mol. The molecule has 1 aromatic rings. The summed E-state index contributed by atoms with van der Waals surface area (Å²) in [5, 5.41) is 0. The van der Waals surface area contributed by atoms with Gasteiger partial charge in [-0.25, -0.2) is 4.39 Å². The third-order valence-corrected chi connectivity index (χ3v) is 5.11. The molecule has 7 nitrogen and oxygen atoms in total. The number of hydrogen-bond acceptors (Lipinski definition) is 4. The van der Waals surface area contributed by atoms with Gasteiger partial charge in [0.05, 0.1) is 18.3 Å². The minimum absolute atomic E-state index is 0.00693. The standard InChI is InChI=1S/C19H22FN3O4/c20-13-7-5-12(6-8-13)11-17(25)22-21-16(24)9-10-23-18(26)14-3-1-2-4-15(14)19(23)27/h5-8,14-15H,1-4,9-11H2,(H,21,24)(H,22,25)/t14-,15-/m0/s1. The first-order valence-electron chi connectivity index (χ1n) is 9.13. The van der Waals surface area contributed by atoms with Crippen molar-refractivity contribution in [2.45, 2.75) is 38.5 Å². The Morgan fingerprint density at radius 1 is 0.963 bits per heavy atom. The van der Waals surface area contributed by atoms with Gasteiger partial charge in [0.15, 0.2) is 0 Å². The number of carbonyl (C=O) groups excluding carboxylic acids is 4. The fourth-order valence-corrected chi connectivity index (χ4v) is 3.70. The van der Waals surface area contributed by atoms with Crippen molar-refractivity contribution in [3.63, 3.8) is 0 Å².